The van der Waals surface area contributed by atoms with Gasteiger partial charge in [-0.05, 0) is 50.3 Å². The van der Waals surface area contributed by atoms with Crippen molar-refractivity contribution in [1.29, 1.82) is 0 Å². The minimum atomic E-state index is -0.325. The lowest BCUT2D eigenvalue weighted by Crippen LogP contribution is -2.38. The molecule has 1 N–H and O–H groups in total. The molecular formula is C21H28ClN3O2S. The third kappa shape index (κ3) is 5.09. The van der Waals surface area contributed by atoms with E-state index in [1.807, 2.05) is 6.92 Å². The normalized spacial score (nSPS) is 16.0. The predicted octanol–water partition coefficient (Wildman–Crippen LogP) is 4.64. The molecule has 28 heavy (non-hydrogen) atoms. The second-order valence-corrected chi connectivity index (χ2v) is 9.69. The quantitative estimate of drug-likeness (QED) is 0.522. The van der Waals surface area contributed by atoms with Gasteiger partial charge in [0.2, 0.25) is 5.91 Å². The number of hydrogen-bond acceptors (Lipinski definition) is 4. The first-order valence-electron chi connectivity index (χ1n) is 10.0. The van der Waals surface area contributed by atoms with Gasteiger partial charge in [0.05, 0.1) is 16.2 Å². The molecule has 7 heteroatoms. The van der Waals surface area contributed by atoms with Gasteiger partial charge in [-0.1, -0.05) is 50.1 Å². The van der Waals surface area contributed by atoms with Crippen LogP contribution in [0.25, 0.3) is 10.9 Å². The molecule has 1 saturated carbocycles. The van der Waals surface area contributed by atoms with Crippen LogP contribution in [0.5, 0.6) is 0 Å². The third-order valence-corrected chi connectivity index (χ3v) is 6.49. The van der Waals surface area contributed by atoms with E-state index < -0.39 is 0 Å². The summed E-state index contributed by atoms with van der Waals surface area (Å²) in [7, 11) is 0. The average molecular weight is 422 g/mol. The third-order valence-electron chi connectivity index (χ3n) is 5.17. The van der Waals surface area contributed by atoms with Gasteiger partial charge in [0.15, 0.2) is 5.16 Å². The molecule has 0 spiro atoms. The number of nitrogens with zero attached hydrogens (tertiary/aromatic N) is 2. The second kappa shape index (κ2) is 9.31. The van der Waals surface area contributed by atoms with Gasteiger partial charge in [0, 0.05) is 17.6 Å². The van der Waals surface area contributed by atoms with Crippen molar-refractivity contribution in [2.24, 2.45) is 5.92 Å². The van der Waals surface area contributed by atoms with Gasteiger partial charge in [0.25, 0.3) is 5.56 Å². The standard InChI is InChI=1S/C21H28ClN3O2S/c1-13(2)10-11-25-20(27)17-9-8-15(22)12-18(17)24-21(25)28-14(3)19(26)23-16-6-4-5-7-16/h8-9,12-14,16H,4-7,10-11H2,1-3H3,(H,23,26)/t14-/m1/s1. The van der Waals surface area contributed by atoms with Crippen molar-refractivity contribution in [2.75, 3.05) is 0 Å². The summed E-state index contributed by atoms with van der Waals surface area (Å²) in [6, 6.07) is 5.42. The van der Waals surface area contributed by atoms with Gasteiger partial charge in [-0.3, -0.25) is 14.2 Å². The number of rotatable bonds is 7. The van der Waals surface area contributed by atoms with Crippen molar-refractivity contribution in [1.82, 2.24) is 14.9 Å². The van der Waals surface area contributed by atoms with Crippen LogP contribution in [0.4, 0.5) is 0 Å². The van der Waals surface area contributed by atoms with Crippen LogP contribution in [0, 0.1) is 5.92 Å². The Hall–Kier alpha value is -1.53. The molecule has 2 aromatic rings. The number of hydrogen-bond donors (Lipinski definition) is 1. The molecular weight excluding hydrogens is 394 g/mol. The molecule has 1 amide bonds. The molecule has 0 bridgehead atoms. The summed E-state index contributed by atoms with van der Waals surface area (Å²) in [5.74, 6) is 0.474. The smallest absolute Gasteiger partial charge is 0.262 e. The first kappa shape index (κ1) is 21.2. The number of benzene rings is 1. The van der Waals surface area contributed by atoms with E-state index >= 15 is 0 Å². The van der Waals surface area contributed by atoms with E-state index in [2.05, 4.69) is 19.2 Å². The highest BCUT2D eigenvalue weighted by molar-refractivity contribution is 8.00. The summed E-state index contributed by atoms with van der Waals surface area (Å²) < 4.78 is 1.71. The van der Waals surface area contributed by atoms with Crippen LogP contribution in [-0.2, 0) is 11.3 Å². The Balaban J connectivity index is 1.89. The summed E-state index contributed by atoms with van der Waals surface area (Å²) in [6.07, 6.45) is 5.32. The van der Waals surface area contributed by atoms with E-state index in [1.165, 1.54) is 24.6 Å². The monoisotopic (exact) mass is 421 g/mol. The summed E-state index contributed by atoms with van der Waals surface area (Å²) in [5, 5.41) is 4.49. The van der Waals surface area contributed by atoms with Crippen LogP contribution in [0.2, 0.25) is 5.02 Å². The van der Waals surface area contributed by atoms with Gasteiger partial charge in [-0.25, -0.2) is 4.98 Å². The Bertz CT molecular complexity index is 906. The highest BCUT2D eigenvalue weighted by Crippen LogP contribution is 2.25. The maximum absolute atomic E-state index is 13.1. The van der Waals surface area contributed by atoms with Gasteiger partial charge < -0.3 is 5.32 Å². The fourth-order valence-electron chi connectivity index (χ4n) is 3.45. The van der Waals surface area contributed by atoms with Gasteiger partial charge >= 0.3 is 0 Å². The zero-order valence-corrected chi connectivity index (χ0v) is 18.3. The molecule has 1 atom stereocenters. The van der Waals surface area contributed by atoms with Crippen molar-refractivity contribution in [2.45, 2.75) is 75.9 Å². The van der Waals surface area contributed by atoms with Crippen LogP contribution in [0.1, 0.15) is 52.9 Å². The molecule has 3 rings (SSSR count). The number of thioether (sulfide) groups is 1. The van der Waals surface area contributed by atoms with Crippen LogP contribution in [0.15, 0.2) is 28.2 Å². The summed E-state index contributed by atoms with van der Waals surface area (Å²) >= 11 is 7.44. The SMILES string of the molecule is CC(C)CCn1c(S[C@H](C)C(=O)NC2CCCC2)nc2cc(Cl)ccc2c1=O. The molecule has 1 aliphatic rings. The number of amides is 1. The predicted molar refractivity (Wildman–Crippen MR) is 116 cm³/mol. The van der Waals surface area contributed by atoms with Gasteiger partial charge in [-0.15, -0.1) is 0 Å². The van der Waals surface area contributed by atoms with Crippen LogP contribution in [0.3, 0.4) is 0 Å². The van der Waals surface area contributed by atoms with Gasteiger partial charge in [0.1, 0.15) is 0 Å². The Morgan fingerprint density at radius 3 is 2.71 bits per heavy atom. The number of fused-ring (bicyclic) bond motifs is 1. The Labute approximate surface area is 175 Å². The molecule has 1 fully saturated rings. The molecule has 1 aliphatic carbocycles. The van der Waals surface area contributed by atoms with Crippen molar-refractivity contribution >= 4 is 40.2 Å². The minimum absolute atomic E-state index is 0.00718. The number of aromatic nitrogens is 2. The van der Waals surface area contributed by atoms with Crippen molar-refractivity contribution in [3.8, 4) is 0 Å². The lowest BCUT2D eigenvalue weighted by atomic mass is 10.1. The Morgan fingerprint density at radius 1 is 1.32 bits per heavy atom. The van der Waals surface area contributed by atoms with Crippen molar-refractivity contribution in [3.63, 3.8) is 0 Å². The molecule has 0 unspecified atom stereocenters. The zero-order chi connectivity index (χ0) is 20.3. The van der Waals surface area contributed by atoms with E-state index in [1.54, 1.807) is 22.8 Å². The maximum Gasteiger partial charge on any atom is 0.262 e. The number of nitrogens with one attached hydrogen (secondary N) is 1. The van der Waals surface area contributed by atoms with E-state index in [0.717, 1.165) is 19.3 Å². The second-order valence-electron chi connectivity index (χ2n) is 7.95. The number of halogens is 1. The lowest BCUT2D eigenvalue weighted by Gasteiger charge is -2.19. The molecule has 1 aromatic carbocycles. The van der Waals surface area contributed by atoms with Crippen LogP contribution < -0.4 is 10.9 Å². The van der Waals surface area contributed by atoms with Crippen LogP contribution >= 0.6 is 23.4 Å². The lowest BCUT2D eigenvalue weighted by molar-refractivity contribution is -0.120. The van der Waals surface area contributed by atoms with E-state index in [0.29, 0.717) is 33.5 Å². The van der Waals surface area contributed by atoms with E-state index in [-0.39, 0.29) is 22.8 Å². The number of carbonyl (C=O) groups is 1. The molecule has 152 valence electrons. The molecule has 0 radical (unpaired) electrons. The Morgan fingerprint density at radius 2 is 2.04 bits per heavy atom. The maximum atomic E-state index is 13.1. The minimum Gasteiger partial charge on any atom is -0.352 e. The van der Waals surface area contributed by atoms with Crippen LogP contribution in [-0.4, -0.2) is 26.8 Å². The van der Waals surface area contributed by atoms with Gasteiger partial charge in [-0.2, -0.15) is 0 Å². The first-order chi connectivity index (χ1) is 13.3. The highest BCUT2D eigenvalue weighted by Gasteiger charge is 2.23. The molecule has 1 heterocycles. The fourth-order valence-corrected chi connectivity index (χ4v) is 4.56. The highest BCUT2D eigenvalue weighted by atomic mass is 35.5. The average Bonchev–Trinajstić information content (AvgIpc) is 3.13. The van der Waals surface area contributed by atoms with E-state index in [9.17, 15) is 9.59 Å². The molecule has 1 aromatic heterocycles. The number of carbonyl (C=O) groups excluding carboxylic acids is 1. The van der Waals surface area contributed by atoms with Crippen molar-refractivity contribution in [3.05, 3.63) is 33.6 Å². The first-order valence-corrected chi connectivity index (χ1v) is 11.3. The Kier molecular flexibility index (Phi) is 7.05. The fraction of sp³-hybridized carbons (Fsp3) is 0.571. The summed E-state index contributed by atoms with van der Waals surface area (Å²) in [5.41, 5.74) is 0.498. The summed E-state index contributed by atoms with van der Waals surface area (Å²) in [6.45, 7) is 6.71. The largest absolute Gasteiger partial charge is 0.352 e. The van der Waals surface area contributed by atoms with E-state index in [4.69, 9.17) is 16.6 Å². The topological polar surface area (TPSA) is 64.0 Å². The molecule has 5 nitrogen and oxygen atoms in total. The van der Waals surface area contributed by atoms with Crippen molar-refractivity contribution < 1.29 is 4.79 Å². The molecule has 0 aliphatic heterocycles. The zero-order valence-electron chi connectivity index (χ0n) is 16.7. The summed E-state index contributed by atoms with van der Waals surface area (Å²) in [4.78, 5) is 30.4. The molecule has 0 saturated heterocycles.